The Morgan fingerprint density at radius 2 is 1.76 bits per heavy atom. The number of hydrogen-bond acceptors (Lipinski definition) is 3. The second-order valence-corrected chi connectivity index (χ2v) is 10.3. The number of para-hydroxylation sites is 1. The number of benzene rings is 2. The van der Waals surface area contributed by atoms with Crippen LogP contribution in [0.25, 0.3) is 21.8 Å². The lowest BCUT2D eigenvalue weighted by Crippen LogP contribution is -2.32. The molecule has 5 rings (SSSR count). The molecule has 6 nitrogen and oxygen atoms in total. The molecule has 1 saturated carbocycles. The molecule has 0 bridgehead atoms. The van der Waals surface area contributed by atoms with Crippen LogP contribution in [0, 0.1) is 0 Å². The lowest BCUT2D eigenvalue weighted by atomic mass is 9.95. The summed E-state index contributed by atoms with van der Waals surface area (Å²) in [6.45, 7) is 5.56. The second-order valence-electron chi connectivity index (χ2n) is 10.3. The lowest BCUT2D eigenvalue weighted by molar-refractivity contribution is 0.0952. The highest BCUT2D eigenvalue weighted by molar-refractivity contribution is 6.17. The minimum Gasteiger partial charge on any atom is -0.352 e. The first-order valence-corrected chi connectivity index (χ1v) is 13.7. The fourth-order valence-electron chi connectivity index (χ4n) is 5.89. The summed E-state index contributed by atoms with van der Waals surface area (Å²) in [6, 6.07) is 18.6. The molecule has 2 heterocycles. The van der Waals surface area contributed by atoms with Crippen molar-refractivity contribution in [3.63, 3.8) is 0 Å². The van der Waals surface area contributed by atoms with Gasteiger partial charge in [0.15, 0.2) is 0 Å². The molecule has 6 heteroatoms. The molecule has 1 aliphatic carbocycles. The van der Waals surface area contributed by atoms with Crippen molar-refractivity contribution in [2.45, 2.75) is 58.0 Å². The Kier molecular flexibility index (Phi) is 7.75. The van der Waals surface area contributed by atoms with Crippen molar-refractivity contribution in [1.29, 1.82) is 0 Å². The molecule has 2 aromatic carbocycles. The fourth-order valence-corrected chi connectivity index (χ4v) is 5.89. The van der Waals surface area contributed by atoms with E-state index in [0.717, 1.165) is 68.0 Å². The molecular weight excluding hydrogens is 460 g/mol. The third-order valence-electron chi connectivity index (χ3n) is 7.93. The van der Waals surface area contributed by atoms with Gasteiger partial charge in [-0.2, -0.15) is 0 Å². The van der Waals surface area contributed by atoms with Gasteiger partial charge in [-0.15, -0.1) is 0 Å². The van der Waals surface area contributed by atoms with Gasteiger partial charge in [-0.05, 0) is 37.4 Å². The standard InChI is InChI=1S/C31H38N4O2/c1-3-34(21-23-13-6-4-7-14-23)20-12-19-32-30(36)26-22-35(24-15-8-5-9-16-24)31(37)29-28(26)25-17-10-11-18-27(25)33(29)2/h4,6-7,10-11,13-14,17-18,22,24H,3,5,8-9,12,15-16,19-21H2,1-2H3,(H,32,36). The van der Waals surface area contributed by atoms with Crippen molar-refractivity contribution < 1.29 is 4.79 Å². The van der Waals surface area contributed by atoms with Crippen molar-refractivity contribution in [3.05, 3.63) is 82.3 Å². The molecule has 37 heavy (non-hydrogen) atoms. The van der Waals surface area contributed by atoms with Crippen molar-refractivity contribution in [1.82, 2.24) is 19.4 Å². The molecular formula is C31H38N4O2. The van der Waals surface area contributed by atoms with E-state index in [0.29, 0.717) is 17.6 Å². The highest BCUT2D eigenvalue weighted by atomic mass is 16.2. The first-order chi connectivity index (χ1) is 18.1. The molecule has 194 valence electrons. The van der Waals surface area contributed by atoms with Crippen molar-refractivity contribution in [2.75, 3.05) is 19.6 Å². The number of aryl methyl sites for hydroxylation is 1. The van der Waals surface area contributed by atoms with Gasteiger partial charge in [0.05, 0.1) is 5.56 Å². The maximum absolute atomic E-state index is 13.7. The zero-order valence-electron chi connectivity index (χ0n) is 22.1. The first-order valence-electron chi connectivity index (χ1n) is 13.7. The van der Waals surface area contributed by atoms with Gasteiger partial charge in [0.1, 0.15) is 5.52 Å². The van der Waals surface area contributed by atoms with E-state index in [1.807, 2.05) is 52.7 Å². The number of nitrogens with zero attached hydrogens (tertiary/aromatic N) is 3. The molecule has 0 saturated heterocycles. The zero-order chi connectivity index (χ0) is 25.8. The molecule has 1 aliphatic rings. The van der Waals surface area contributed by atoms with Gasteiger partial charge >= 0.3 is 0 Å². The van der Waals surface area contributed by atoms with Gasteiger partial charge in [-0.3, -0.25) is 14.5 Å². The van der Waals surface area contributed by atoms with Gasteiger partial charge in [0.2, 0.25) is 0 Å². The number of carbonyl (C=O) groups excluding carboxylic acids is 1. The second kappa shape index (κ2) is 11.3. The molecule has 2 aromatic heterocycles. The molecule has 1 amide bonds. The third kappa shape index (κ3) is 5.21. The van der Waals surface area contributed by atoms with E-state index in [9.17, 15) is 9.59 Å². The number of rotatable bonds is 9. The number of aromatic nitrogens is 2. The smallest absolute Gasteiger partial charge is 0.275 e. The van der Waals surface area contributed by atoms with Gasteiger partial charge in [0.25, 0.3) is 11.5 Å². The number of pyridine rings is 1. The molecule has 1 fully saturated rings. The summed E-state index contributed by atoms with van der Waals surface area (Å²) in [6.07, 6.45) is 8.16. The molecule has 0 radical (unpaired) electrons. The normalized spacial score (nSPS) is 14.6. The Morgan fingerprint density at radius 1 is 1.03 bits per heavy atom. The number of amides is 1. The van der Waals surface area contributed by atoms with Gasteiger partial charge < -0.3 is 14.5 Å². The van der Waals surface area contributed by atoms with Crippen LogP contribution in [0.1, 0.15) is 67.4 Å². The predicted molar refractivity (Wildman–Crippen MR) is 151 cm³/mol. The fraction of sp³-hybridized carbons (Fsp3) is 0.419. The van der Waals surface area contributed by atoms with Gasteiger partial charge in [0, 0.05) is 55.2 Å². The Hall–Kier alpha value is -3.38. The Bertz CT molecular complexity index is 1430. The molecule has 0 spiro atoms. The van der Waals surface area contributed by atoms with Crippen LogP contribution in [0.15, 0.2) is 65.6 Å². The van der Waals surface area contributed by atoms with E-state index >= 15 is 0 Å². The van der Waals surface area contributed by atoms with Crippen LogP contribution in [0.2, 0.25) is 0 Å². The summed E-state index contributed by atoms with van der Waals surface area (Å²) >= 11 is 0. The van der Waals surface area contributed by atoms with Crippen LogP contribution in [0.4, 0.5) is 0 Å². The Labute approximate surface area is 218 Å². The first kappa shape index (κ1) is 25.3. The van der Waals surface area contributed by atoms with Crippen molar-refractivity contribution >= 4 is 27.7 Å². The minimum absolute atomic E-state index is 0.0108. The van der Waals surface area contributed by atoms with Crippen LogP contribution >= 0.6 is 0 Å². The predicted octanol–water partition coefficient (Wildman–Crippen LogP) is 5.64. The molecule has 0 unspecified atom stereocenters. The van der Waals surface area contributed by atoms with E-state index in [-0.39, 0.29) is 17.5 Å². The summed E-state index contributed by atoms with van der Waals surface area (Å²) in [5, 5.41) is 4.89. The molecule has 0 aliphatic heterocycles. The van der Waals surface area contributed by atoms with Crippen LogP contribution in [-0.2, 0) is 13.6 Å². The molecule has 0 atom stereocenters. The zero-order valence-corrected chi connectivity index (χ0v) is 22.1. The molecule has 1 N–H and O–H groups in total. The number of hydrogen-bond donors (Lipinski definition) is 1. The summed E-state index contributed by atoms with van der Waals surface area (Å²) in [5.74, 6) is -0.1000. The van der Waals surface area contributed by atoms with Crippen LogP contribution in [0.5, 0.6) is 0 Å². The summed E-state index contributed by atoms with van der Waals surface area (Å²) in [4.78, 5) is 29.7. The topological polar surface area (TPSA) is 59.3 Å². The van der Waals surface area contributed by atoms with E-state index in [1.165, 1.54) is 12.0 Å². The summed E-state index contributed by atoms with van der Waals surface area (Å²) in [5.41, 5.74) is 3.52. The van der Waals surface area contributed by atoms with E-state index < -0.39 is 0 Å². The summed E-state index contributed by atoms with van der Waals surface area (Å²) in [7, 11) is 1.94. The third-order valence-corrected chi connectivity index (χ3v) is 7.93. The van der Waals surface area contributed by atoms with Crippen LogP contribution in [-0.4, -0.2) is 39.6 Å². The Morgan fingerprint density at radius 3 is 2.51 bits per heavy atom. The van der Waals surface area contributed by atoms with Crippen LogP contribution in [0.3, 0.4) is 0 Å². The van der Waals surface area contributed by atoms with E-state index in [4.69, 9.17) is 0 Å². The summed E-state index contributed by atoms with van der Waals surface area (Å²) < 4.78 is 3.82. The average Bonchev–Trinajstić information content (AvgIpc) is 3.24. The maximum Gasteiger partial charge on any atom is 0.275 e. The highest BCUT2D eigenvalue weighted by Gasteiger charge is 2.24. The monoisotopic (exact) mass is 498 g/mol. The Balaban J connectivity index is 1.39. The average molecular weight is 499 g/mol. The van der Waals surface area contributed by atoms with E-state index in [1.54, 1.807) is 0 Å². The van der Waals surface area contributed by atoms with Crippen molar-refractivity contribution in [3.8, 4) is 0 Å². The number of carbonyl (C=O) groups is 1. The van der Waals surface area contributed by atoms with E-state index in [2.05, 4.69) is 41.4 Å². The highest BCUT2D eigenvalue weighted by Crippen LogP contribution is 2.32. The maximum atomic E-state index is 13.7. The quantitative estimate of drug-likeness (QED) is 0.304. The van der Waals surface area contributed by atoms with Gasteiger partial charge in [-0.25, -0.2) is 0 Å². The SMILES string of the molecule is CCN(CCCNC(=O)c1cn(C2CCCCC2)c(=O)c2c1c1ccccc1n2C)Cc1ccccc1. The minimum atomic E-state index is -0.1000. The number of fused-ring (bicyclic) bond motifs is 3. The van der Waals surface area contributed by atoms with Gasteiger partial charge in [-0.1, -0.05) is 74.7 Å². The largest absolute Gasteiger partial charge is 0.352 e. The van der Waals surface area contributed by atoms with Crippen LogP contribution < -0.4 is 10.9 Å². The lowest BCUT2D eigenvalue weighted by Gasteiger charge is -2.25. The van der Waals surface area contributed by atoms with Crippen molar-refractivity contribution in [2.24, 2.45) is 7.05 Å². The number of nitrogens with one attached hydrogen (secondary N) is 1. The molecule has 4 aromatic rings.